The topological polar surface area (TPSA) is 89.9 Å². The average molecular weight is 272 g/mol. The molecule has 2 amide bonds. The van der Waals surface area contributed by atoms with Gasteiger partial charge in [0.25, 0.3) is 0 Å². The van der Waals surface area contributed by atoms with E-state index in [0.29, 0.717) is 25.8 Å². The maximum absolute atomic E-state index is 12.0. The molecule has 1 fully saturated rings. The Morgan fingerprint density at radius 2 is 2.16 bits per heavy atom. The number of rotatable bonds is 5. The average Bonchev–Trinajstić information content (AvgIpc) is 2.69. The summed E-state index contributed by atoms with van der Waals surface area (Å²) in [5, 5.41) is 21.3. The molecule has 3 atom stereocenters. The molecule has 1 aliphatic carbocycles. The minimum atomic E-state index is -0.874. The molecule has 0 radical (unpaired) electrons. The van der Waals surface area contributed by atoms with Gasteiger partial charge in [-0.1, -0.05) is 6.42 Å². The lowest BCUT2D eigenvalue weighted by molar-refractivity contribution is -0.148. The van der Waals surface area contributed by atoms with Crippen LogP contribution in [-0.2, 0) is 4.79 Å². The van der Waals surface area contributed by atoms with Gasteiger partial charge >= 0.3 is 12.0 Å². The van der Waals surface area contributed by atoms with Gasteiger partial charge in [-0.25, -0.2) is 4.79 Å². The number of hydrogen-bond acceptors (Lipinski definition) is 3. The van der Waals surface area contributed by atoms with Gasteiger partial charge in [-0.15, -0.1) is 0 Å². The van der Waals surface area contributed by atoms with Crippen LogP contribution in [0.4, 0.5) is 4.79 Å². The van der Waals surface area contributed by atoms with E-state index in [1.807, 2.05) is 0 Å². The number of carbonyl (C=O) groups excluding carboxylic acids is 1. The van der Waals surface area contributed by atoms with Crippen molar-refractivity contribution in [3.63, 3.8) is 0 Å². The Hall–Kier alpha value is -1.30. The molecule has 19 heavy (non-hydrogen) atoms. The summed E-state index contributed by atoms with van der Waals surface area (Å²) < 4.78 is 0. The summed E-state index contributed by atoms with van der Waals surface area (Å²) in [5.74, 6) is -0.859. The van der Waals surface area contributed by atoms with Crippen molar-refractivity contribution in [3.8, 4) is 0 Å². The summed E-state index contributed by atoms with van der Waals surface area (Å²) >= 11 is 0. The molecule has 6 nitrogen and oxygen atoms in total. The fraction of sp³-hybridized carbons (Fsp3) is 0.846. The van der Waals surface area contributed by atoms with E-state index >= 15 is 0 Å². The van der Waals surface area contributed by atoms with Crippen LogP contribution in [0.3, 0.4) is 0 Å². The molecule has 3 unspecified atom stereocenters. The minimum Gasteiger partial charge on any atom is -0.481 e. The zero-order chi connectivity index (χ0) is 14.6. The first-order valence-corrected chi connectivity index (χ1v) is 6.70. The number of amides is 2. The molecule has 0 heterocycles. The predicted octanol–water partition coefficient (Wildman–Crippen LogP) is 1.04. The second-order valence-corrected chi connectivity index (χ2v) is 5.68. The third kappa shape index (κ3) is 3.83. The van der Waals surface area contributed by atoms with E-state index in [2.05, 4.69) is 5.32 Å². The molecule has 1 rings (SSSR count). The van der Waals surface area contributed by atoms with E-state index in [9.17, 15) is 19.8 Å². The van der Waals surface area contributed by atoms with E-state index in [1.165, 1.54) is 4.90 Å². The molecule has 1 aliphatic rings. The molecular formula is C13H24N2O4. The molecule has 0 aliphatic heterocycles. The number of nitrogens with one attached hydrogen (secondary N) is 1. The van der Waals surface area contributed by atoms with Crippen molar-refractivity contribution < 1.29 is 19.8 Å². The van der Waals surface area contributed by atoms with Crippen LogP contribution in [0.15, 0.2) is 0 Å². The van der Waals surface area contributed by atoms with Crippen LogP contribution in [-0.4, -0.2) is 52.9 Å². The Balaban J connectivity index is 2.54. The summed E-state index contributed by atoms with van der Waals surface area (Å²) in [4.78, 5) is 24.7. The molecule has 0 saturated heterocycles. The SMILES string of the molecule is CC(O)CCN(C)C(=O)NC1CCCC1(C)C(=O)O. The third-order valence-corrected chi connectivity index (χ3v) is 3.97. The van der Waals surface area contributed by atoms with E-state index in [-0.39, 0.29) is 12.1 Å². The molecule has 0 aromatic heterocycles. The van der Waals surface area contributed by atoms with E-state index in [4.69, 9.17) is 0 Å². The van der Waals surface area contributed by atoms with Crippen LogP contribution in [0.25, 0.3) is 0 Å². The van der Waals surface area contributed by atoms with Gasteiger partial charge < -0.3 is 20.4 Å². The molecule has 0 aromatic carbocycles. The van der Waals surface area contributed by atoms with Crippen molar-refractivity contribution in [2.75, 3.05) is 13.6 Å². The molecule has 0 bridgehead atoms. The standard InChI is InChI=1S/C13H24N2O4/c1-9(16)6-8-15(3)12(19)14-10-5-4-7-13(10,2)11(17)18/h9-10,16H,4-8H2,1-3H3,(H,14,19)(H,17,18). The number of urea groups is 1. The third-order valence-electron chi connectivity index (χ3n) is 3.97. The molecule has 0 aromatic rings. The summed E-state index contributed by atoms with van der Waals surface area (Å²) in [6.45, 7) is 3.80. The number of carbonyl (C=O) groups is 2. The normalized spacial score (nSPS) is 27.9. The highest BCUT2D eigenvalue weighted by Gasteiger charge is 2.46. The molecule has 1 saturated carbocycles. The van der Waals surface area contributed by atoms with Crippen molar-refractivity contribution in [2.45, 2.75) is 51.7 Å². The lowest BCUT2D eigenvalue weighted by Crippen LogP contribution is -2.50. The second kappa shape index (κ2) is 6.23. The Morgan fingerprint density at radius 1 is 1.53 bits per heavy atom. The van der Waals surface area contributed by atoms with Gasteiger partial charge in [-0.2, -0.15) is 0 Å². The molecule has 110 valence electrons. The molecule has 0 spiro atoms. The largest absolute Gasteiger partial charge is 0.481 e. The minimum absolute atomic E-state index is 0.278. The van der Waals surface area contributed by atoms with Crippen LogP contribution in [0.5, 0.6) is 0 Å². The predicted molar refractivity (Wildman–Crippen MR) is 70.8 cm³/mol. The van der Waals surface area contributed by atoms with Crippen molar-refractivity contribution in [2.24, 2.45) is 5.41 Å². The fourth-order valence-corrected chi connectivity index (χ4v) is 2.39. The lowest BCUT2D eigenvalue weighted by atomic mass is 9.85. The number of aliphatic hydroxyl groups excluding tert-OH is 1. The van der Waals surface area contributed by atoms with Crippen LogP contribution in [0, 0.1) is 5.41 Å². The van der Waals surface area contributed by atoms with Gasteiger partial charge in [0, 0.05) is 19.6 Å². The lowest BCUT2D eigenvalue weighted by Gasteiger charge is -2.29. The van der Waals surface area contributed by atoms with E-state index in [0.717, 1.165) is 6.42 Å². The number of nitrogens with zero attached hydrogens (tertiary/aromatic N) is 1. The van der Waals surface area contributed by atoms with Gasteiger partial charge in [0.1, 0.15) is 0 Å². The quantitative estimate of drug-likeness (QED) is 0.697. The second-order valence-electron chi connectivity index (χ2n) is 5.68. The first-order chi connectivity index (χ1) is 8.77. The van der Waals surface area contributed by atoms with Crippen LogP contribution in [0.1, 0.15) is 39.5 Å². The summed E-state index contributed by atoms with van der Waals surface area (Å²) in [5.41, 5.74) is -0.874. The number of aliphatic hydroxyl groups is 1. The highest BCUT2D eigenvalue weighted by atomic mass is 16.4. The van der Waals surface area contributed by atoms with Crippen molar-refractivity contribution in [1.82, 2.24) is 10.2 Å². The summed E-state index contributed by atoms with van der Waals surface area (Å²) in [6, 6.07) is -0.605. The molecule has 3 N–H and O–H groups in total. The van der Waals surface area contributed by atoms with Gasteiger partial charge in [-0.05, 0) is 33.1 Å². The van der Waals surface area contributed by atoms with Crippen LogP contribution >= 0.6 is 0 Å². The number of aliphatic carboxylic acids is 1. The van der Waals surface area contributed by atoms with Gasteiger partial charge in [-0.3, -0.25) is 4.79 Å². The molecule has 6 heteroatoms. The Labute approximate surface area is 113 Å². The van der Waals surface area contributed by atoms with E-state index in [1.54, 1.807) is 20.9 Å². The van der Waals surface area contributed by atoms with Crippen LogP contribution < -0.4 is 5.32 Å². The number of carboxylic acid groups (broad SMARTS) is 1. The Bertz CT molecular complexity index is 346. The summed E-state index contributed by atoms with van der Waals surface area (Å²) in [6.07, 6.45) is 2.14. The van der Waals surface area contributed by atoms with Gasteiger partial charge in [0.15, 0.2) is 0 Å². The number of carboxylic acids is 1. The van der Waals surface area contributed by atoms with Crippen LogP contribution in [0.2, 0.25) is 0 Å². The van der Waals surface area contributed by atoms with Gasteiger partial charge in [0.2, 0.25) is 0 Å². The summed E-state index contributed by atoms with van der Waals surface area (Å²) in [7, 11) is 1.64. The van der Waals surface area contributed by atoms with Gasteiger partial charge in [0.05, 0.1) is 11.5 Å². The zero-order valence-corrected chi connectivity index (χ0v) is 11.8. The first-order valence-electron chi connectivity index (χ1n) is 6.70. The monoisotopic (exact) mass is 272 g/mol. The molecular weight excluding hydrogens is 248 g/mol. The maximum atomic E-state index is 12.0. The number of hydrogen-bond donors (Lipinski definition) is 3. The van der Waals surface area contributed by atoms with Crippen molar-refractivity contribution in [3.05, 3.63) is 0 Å². The maximum Gasteiger partial charge on any atom is 0.317 e. The van der Waals surface area contributed by atoms with Crippen molar-refractivity contribution >= 4 is 12.0 Å². The van der Waals surface area contributed by atoms with Crippen molar-refractivity contribution in [1.29, 1.82) is 0 Å². The zero-order valence-electron chi connectivity index (χ0n) is 11.8. The Morgan fingerprint density at radius 3 is 2.68 bits per heavy atom. The first kappa shape index (κ1) is 15.8. The highest BCUT2D eigenvalue weighted by Crippen LogP contribution is 2.38. The smallest absolute Gasteiger partial charge is 0.317 e. The highest BCUT2D eigenvalue weighted by molar-refractivity contribution is 5.79. The Kier molecular flexibility index (Phi) is 5.17. The fourth-order valence-electron chi connectivity index (χ4n) is 2.39. The van der Waals surface area contributed by atoms with E-state index < -0.39 is 17.5 Å².